The minimum Gasteiger partial charge on any atom is -0.255 e. The first-order chi connectivity index (χ1) is 28.6. The van der Waals surface area contributed by atoms with Gasteiger partial charge in [0.1, 0.15) is 0 Å². The van der Waals surface area contributed by atoms with E-state index in [4.69, 9.17) is 9.98 Å². The fourth-order valence-corrected chi connectivity index (χ4v) is 8.59. The molecule has 0 aromatic heterocycles. The van der Waals surface area contributed by atoms with Crippen LogP contribution in [0.15, 0.2) is 58.5 Å². The van der Waals surface area contributed by atoms with E-state index in [1.807, 2.05) is 6.21 Å². The van der Waals surface area contributed by atoms with Crippen molar-refractivity contribution in [2.75, 3.05) is 0 Å². The fraction of sp³-hybridized carbons (Fsp3) is 0.714. The highest BCUT2D eigenvalue weighted by Gasteiger charge is 2.06. The van der Waals surface area contributed by atoms with Crippen molar-refractivity contribution in [1.82, 2.24) is 0 Å². The van der Waals surface area contributed by atoms with Gasteiger partial charge in [-0.1, -0.05) is 239 Å². The lowest BCUT2D eigenvalue weighted by atomic mass is 9.99. The molecule has 2 heteroatoms. The molecular weight excluding hydrogens is 701 g/mol. The molecule has 0 spiro atoms. The minimum absolute atomic E-state index is 0.940. The summed E-state index contributed by atoms with van der Waals surface area (Å²) in [7, 11) is 0. The highest BCUT2D eigenvalue weighted by Crippen LogP contribution is 2.24. The number of hydrogen-bond acceptors (Lipinski definition) is 2. The molecule has 0 aliphatic rings. The molecule has 0 saturated heterocycles. The van der Waals surface area contributed by atoms with Crippen LogP contribution in [-0.4, -0.2) is 11.9 Å². The lowest BCUT2D eigenvalue weighted by Gasteiger charge is -2.09. The average molecular weight is 795 g/mol. The van der Waals surface area contributed by atoms with E-state index < -0.39 is 0 Å². The zero-order chi connectivity index (χ0) is 41.6. The van der Waals surface area contributed by atoms with Crippen LogP contribution in [0.25, 0.3) is 0 Å². The molecule has 0 heterocycles. The predicted molar refractivity (Wildman–Crippen MR) is 264 cm³/mol. The van der Waals surface area contributed by atoms with E-state index in [-0.39, 0.29) is 0 Å². The predicted octanol–water partition coefficient (Wildman–Crippen LogP) is 19.1. The summed E-state index contributed by atoms with van der Waals surface area (Å²) in [6, 6.07) is 13.6. The van der Waals surface area contributed by atoms with Crippen molar-refractivity contribution in [1.29, 1.82) is 0 Å². The summed E-state index contributed by atoms with van der Waals surface area (Å²) in [5.41, 5.74) is 8.87. The maximum absolute atomic E-state index is 5.14. The monoisotopic (exact) mass is 795 g/mol. The third kappa shape index (κ3) is 26.6. The smallest absolute Gasteiger partial charge is 0.0816 e. The number of aryl methyl sites for hydroxylation is 4. The summed E-state index contributed by atoms with van der Waals surface area (Å²) in [5.74, 6) is 0. The van der Waals surface area contributed by atoms with Crippen molar-refractivity contribution in [3.8, 4) is 0 Å². The highest BCUT2D eigenvalue weighted by atomic mass is 14.8. The minimum atomic E-state index is 0.940. The van der Waals surface area contributed by atoms with Crippen molar-refractivity contribution in [2.45, 2.75) is 259 Å². The van der Waals surface area contributed by atoms with Gasteiger partial charge in [0.2, 0.25) is 0 Å². The van der Waals surface area contributed by atoms with E-state index in [0.717, 1.165) is 62.0 Å². The molecule has 0 amide bonds. The van der Waals surface area contributed by atoms with Crippen LogP contribution >= 0.6 is 0 Å². The first kappa shape index (κ1) is 51.7. The SMILES string of the molecule is CCCCCCCCCCCCCCCCCCCCCCCCCCCCC=CC(C=Nc1ccc(CCC)c(CCC)c1)=Nc1ccc(CCC)c(CCC)c1. The van der Waals surface area contributed by atoms with Gasteiger partial charge in [-0.2, -0.15) is 0 Å². The van der Waals surface area contributed by atoms with Gasteiger partial charge in [-0.3, -0.25) is 4.99 Å². The Hall–Kier alpha value is -2.48. The van der Waals surface area contributed by atoms with Crippen molar-refractivity contribution in [3.05, 3.63) is 70.8 Å². The Morgan fingerprint density at radius 2 is 0.724 bits per heavy atom. The molecule has 2 aromatic carbocycles. The van der Waals surface area contributed by atoms with Gasteiger partial charge < -0.3 is 0 Å². The van der Waals surface area contributed by atoms with Gasteiger partial charge in [-0.15, -0.1) is 0 Å². The Bertz CT molecular complexity index is 1330. The molecule has 0 fully saturated rings. The van der Waals surface area contributed by atoms with Crippen LogP contribution in [0.3, 0.4) is 0 Å². The molecule has 0 aliphatic carbocycles. The number of allylic oxidation sites excluding steroid dienone is 2. The van der Waals surface area contributed by atoms with Gasteiger partial charge in [0.25, 0.3) is 0 Å². The molecule has 2 rings (SSSR count). The Kier molecular flexibility index (Phi) is 33.4. The molecule has 0 saturated carbocycles. The molecule has 328 valence electrons. The number of benzene rings is 2. The van der Waals surface area contributed by atoms with E-state index in [9.17, 15) is 0 Å². The third-order valence-corrected chi connectivity index (χ3v) is 12.1. The molecule has 2 nitrogen and oxygen atoms in total. The van der Waals surface area contributed by atoms with E-state index in [1.54, 1.807) is 0 Å². The molecule has 0 radical (unpaired) electrons. The summed E-state index contributed by atoms with van der Waals surface area (Å²) >= 11 is 0. The number of aliphatic imine (C=N–C) groups is 2. The summed E-state index contributed by atoms with van der Waals surface area (Å²) in [6.07, 6.45) is 54.2. The summed E-state index contributed by atoms with van der Waals surface area (Å²) in [4.78, 5) is 10.1. The Balaban J connectivity index is 1.62. The molecular formula is C56H94N2. The van der Waals surface area contributed by atoms with Crippen LogP contribution in [0.4, 0.5) is 11.4 Å². The third-order valence-electron chi connectivity index (χ3n) is 12.1. The van der Waals surface area contributed by atoms with E-state index >= 15 is 0 Å². The van der Waals surface area contributed by atoms with E-state index in [1.165, 1.54) is 202 Å². The molecule has 0 N–H and O–H groups in total. The number of rotatable bonds is 39. The molecule has 58 heavy (non-hydrogen) atoms. The first-order valence-corrected chi connectivity index (χ1v) is 25.7. The first-order valence-electron chi connectivity index (χ1n) is 25.7. The Morgan fingerprint density at radius 3 is 1.12 bits per heavy atom. The van der Waals surface area contributed by atoms with Crippen molar-refractivity contribution < 1.29 is 0 Å². The Labute approximate surface area is 362 Å². The lowest BCUT2D eigenvalue weighted by Crippen LogP contribution is -1.97. The normalized spacial score (nSPS) is 12.2. The second kappa shape index (κ2) is 37.5. The fourth-order valence-electron chi connectivity index (χ4n) is 8.59. The number of nitrogens with zero attached hydrogens (tertiary/aromatic N) is 2. The van der Waals surface area contributed by atoms with Crippen LogP contribution in [0.1, 0.15) is 256 Å². The maximum atomic E-state index is 5.14. The summed E-state index contributed by atoms with van der Waals surface area (Å²) < 4.78 is 0. The van der Waals surface area contributed by atoms with Crippen molar-refractivity contribution in [2.24, 2.45) is 9.98 Å². The van der Waals surface area contributed by atoms with Gasteiger partial charge >= 0.3 is 0 Å². The largest absolute Gasteiger partial charge is 0.255 e. The van der Waals surface area contributed by atoms with Gasteiger partial charge in [0, 0.05) is 0 Å². The molecule has 0 unspecified atom stereocenters. The average Bonchev–Trinajstić information content (AvgIpc) is 3.23. The molecule has 0 atom stereocenters. The lowest BCUT2D eigenvalue weighted by molar-refractivity contribution is 0.515. The van der Waals surface area contributed by atoms with Crippen LogP contribution < -0.4 is 0 Å². The van der Waals surface area contributed by atoms with Crippen LogP contribution in [0.2, 0.25) is 0 Å². The maximum Gasteiger partial charge on any atom is 0.0816 e. The molecule has 0 bridgehead atoms. The van der Waals surface area contributed by atoms with Gasteiger partial charge in [-0.25, -0.2) is 4.99 Å². The van der Waals surface area contributed by atoms with Crippen molar-refractivity contribution in [3.63, 3.8) is 0 Å². The summed E-state index contributed by atoms with van der Waals surface area (Å²) in [5, 5.41) is 0. The second-order valence-corrected chi connectivity index (χ2v) is 17.7. The standard InChI is InChI=1S/C56H94N2/c1-6-11-12-13-14-15-16-17-18-19-20-21-22-23-24-25-26-27-28-29-30-31-32-33-34-35-36-37-42-56(58-55-46-44-51(39-8-3)53(48-55)41-10-5)49-57-54-45-43-50(38-7-2)52(47-54)40-9-4/h37,42-49H,6-36,38-41H2,1-5H3. The van der Waals surface area contributed by atoms with Crippen molar-refractivity contribution >= 4 is 23.3 Å². The number of hydrogen-bond donors (Lipinski definition) is 0. The van der Waals surface area contributed by atoms with Gasteiger partial charge in [0.15, 0.2) is 0 Å². The molecule has 0 aliphatic heterocycles. The van der Waals surface area contributed by atoms with Crippen LogP contribution in [0.5, 0.6) is 0 Å². The van der Waals surface area contributed by atoms with Gasteiger partial charge in [0.05, 0.1) is 23.3 Å². The zero-order valence-electron chi connectivity index (χ0n) is 39.3. The zero-order valence-corrected chi connectivity index (χ0v) is 39.3. The topological polar surface area (TPSA) is 24.7 Å². The Morgan fingerprint density at radius 1 is 0.379 bits per heavy atom. The number of unbranched alkanes of at least 4 members (excludes halogenated alkanes) is 26. The van der Waals surface area contributed by atoms with Crippen LogP contribution in [0, 0.1) is 0 Å². The van der Waals surface area contributed by atoms with Gasteiger partial charge in [-0.05, 0) is 91.1 Å². The summed E-state index contributed by atoms with van der Waals surface area (Å²) in [6.45, 7) is 11.4. The van der Waals surface area contributed by atoms with Crippen LogP contribution in [-0.2, 0) is 25.7 Å². The van der Waals surface area contributed by atoms with E-state index in [0.29, 0.717) is 0 Å². The van der Waals surface area contributed by atoms with E-state index in [2.05, 4.69) is 83.2 Å². The molecule has 2 aromatic rings. The quantitative estimate of drug-likeness (QED) is 0.0476. The second-order valence-electron chi connectivity index (χ2n) is 17.7. The highest BCUT2D eigenvalue weighted by molar-refractivity contribution is 6.36.